The highest BCUT2D eigenvalue weighted by atomic mass is 16.5. The van der Waals surface area contributed by atoms with Crippen molar-refractivity contribution in [3.8, 4) is 11.5 Å². The fourth-order valence-corrected chi connectivity index (χ4v) is 7.48. The van der Waals surface area contributed by atoms with E-state index in [9.17, 15) is 9.59 Å². The number of carbonyl (C=O) groups excluding carboxylic acids is 2. The van der Waals surface area contributed by atoms with Gasteiger partial charge in [0.05, 0.1) is 32.7 Å². The Morgan fingerprint density at radius 3 is 2.51 bits per heavy atom. The number of H-pyrrole nitrogens is 1. The average Bonchev–Trinajstić information content (AvgIpc) is 3.40. The number of carbonyl (C=O) groups is 2. The summed E-state index contributed by atoms with van der Waals surface area (Å²) < 4.78 is 16.7. The SMILES string of the molecule is COc1ccc(NC(=O)C2(N(Cc3ccco3)C(=O)C[C@@H]3[C@@H](c4c(C)[nH]c5ccccc45)C3(C)C)CCN(C)CC2)c(OC)c1. The summed E-state index contributed by atoms with van der Waals surface area (Å²) in [5.74, 6) is 1.87. The third kappa shape index (κ3) is 5.58. The van der Waals surface area contributed by atoms with Gasteiger partial charge in [-0.05, 0) is 80.0 Å². The van der Waals surface area contributed by atoms with Gasteiger partial charge in [-0.3, -0.25) is 9.59 Å². The fourth-order valence-electron chi connectivity index (χ4n) is 7.48. The average molecular weight is 613 g/mol. The molecule has 2 atom stereocenters. The maximum Gasteiger partial charge on any atom is 0.250 e. The predicted octanol–water partition coefficient (Wildman–Crippen LogP) is 6.35. The van der Waals surface area contributed by atoms with Crippen LogP contribution in [0.3, 0.4) is 0 Å². The number of para-hydroxylation sites is 1. The van der Waals surface area contributed by atoms with Crippen molar-refractivity contribution in [3.63, 3.8) is 0 Å². The third-order valence-corrected chi connectivity index (χ3v) is 10.3. The van der Waals surface area contributed by atoms with Gasteiger partial charge in [-0.2, -0.15) is 0 Å². The van der Waals surface area contributed by atoms with Crippen LogP contribution in [-0.4, -0.2) is 66.5 Å². The van der Waals surface area contributed by atoms with Crippen molar-refractivity contribution >= 4 is 28.4 Å². The number of benzene rings is 2. The summed E-state index contributed by atoms with van der Waals surface area (Å²) in [6.07, 6.45) is 2.95. The molecule has 3 heterocycles. The Balaban J connectivity index is 1.34. The van der Waals surface area contributed by atoms with E-state index in [1.807, 2.05) is 25.2 Å². The van der Waals surface area contributed by atoms with E-state index >= 15 is 0 Å². The highest BCUT2D eigenvalue weighted by Gasteiger charge is 2.61. The number of hydrogen-bond acceptors (Lipinski definition) is 6. The molecule has 45 heavy (non-hydrogen) atoms. The second-order valence-corrected chi connectivity index (χ2v) is 13.2. The van der Waals surface area contributed by atoms with Gasteiger partial charge in [0.1, 0.15) is 22.8 Å². The van der Waals surface area contributed by atoms with Crippen LogP contribution in [0.2, 0.25) is 0 Å². The number of nitrogens with zero attached hydrogens (tertiary/aromatic N) is 2. The summed E-state index contributed by atoms with van der Waals surface area (Å²) in [5, 5.41) is 4.35. The molecule has 6 rings (SSSR count). The number of hydrogen-bond donors (Lipinski definition) is 2. The van der Waals surface area contributed by atoms with Gasteiger partial charge in [-0.15, -0.1) is 0 Å². The lowest BCUT2D eigenvalue weighted by Gasteiger charge is -2.46. The minimum atomic E-state index is -1.08. The van der Waals surface area contributed by atoms with Crippen molar-refractivity contribution in [2.75, 3.05) is 39.7 Å². The number of amides is 2. The summed E-state index contributed by atoms with van der Waals surface area (Å²) in [7, 11) is 5.20. The molecule has 9 nitrogen and oxygen atoms in total. The number of likely N-dealkylation sites (tertiary alicyclic amines) is 1. The van der Waals surface area contributed by atoms with Crippen LogP contribution in [0.1, 0.15) is 56.0 Å². The predicted molar refractivity (Wildman–Crippen MR) is 175 cm³/mol. The summed E-state index contributed by atoms with van der Waals surface area (Å²) in [4.78, 5) is 36.7. The van der Waals surface area contributed by atoms with Crippen LogP contribution in [0, 0.1) is 18.3 Å². The van der Waals surface area contributed by atoms with Crippen LogP contribution < -0.4 is 14.8 Å². The molecule has 1 aliphatic carbocycles. The first kappa shape index (κ1) is 30.8. The Morgan fingerprint density at radius 2 is 1.82 bits per heavy atom. The first-order valence-corrected chi connectivity index (χ1v) is 15.7. The Hall–Kier alpha value is -4.24. The van der Waals surface area contributed by atoms with E-state index in [-0.39, 0.29) is 35.6 Å². The zero-order chi connectivity index (χ0) is 31.9. The lowest BCUT2D eigenvalue weighted by molar-refractivity contribution is -0.150. The zero-order valence-electron chi connectivity index (χ0n) is 27.1. The minimum Gasteiger partial charge on any atom is -0.497 e. The second kappa shape index (κ2) is 11.9. The number of nitrogens with one attached hydrogen (secondary N) is 2. The highest BCUT2D eigenvalue weighted by Crippen LogP contribution is 2.67. The van der Waals surface area contributed by atoms with Gasteiger partial charge in [0.2, 0.25) is 5.91 Å². The molecule has 2 aromatic heterocycles. The first-order valence-electron chi connectivity index (χ1n) is 15.7. The van der Waals surface area contributed by atoms with Crippen LogP contribution in [0.4, 0.5) is 5.69 Å². The molecule has 4 aromatic rings. The number of anilines is 1. The van der Waals surface area contributed by atoms with Gasteiger partial charge in [0.15, 0.2) is 0 Å². The molecular formula is C36H44N4O5. The van der Waals surface area contributed by atoms with Gasteiger partial charge < -0.3 is 34.0 Å². The number of rotatable bonds is 10. The molecule has 2 amide bonds. The minimum absolute atomic E-state index is 0.0362. The molecule has 0 radical (unpaired) electrons. The van der Waals surface area contributed by atoms with E-state index < -0.39 is 5.54 Å². The van der Waals surface area contributed by atoms with Crippen LogP contribution >= 0.6 is 0 Å². The third-order valence-electron chi connectivity index (χ3n) is 10.3. The molecule has 1 saturated heterocycles. The lowest BCUT2D eigenvalue weighted by atomic mass is 9.83. The van der Waals surface area contributed by atoms with Gasteiger partial charge in [0.25, 0.3) is 5.91 Å². The highest BCUT2D eigenvalue weighted by molar-refractivity contribution is 6.01. The van der Waals surface area contributed by atoms with E-state index in [2.05, 4.69) is 54.2 Å². The smallest absolute Gasteiger partial charge is 0.250 e. The van der Waals surface area contributed by atoms with E-state index in [1.165, 1.54) is 10.9 Å². The van der Waals surface area contributed by atoms with E-state index in [1.54, 1.807) is 43.6 Å². The van der Waals surface area contributed by atoms with Crippen molar-refractivity contribution in [1.82, 2.24) is 14.8 Å². The summed E-state index contributed by atoms with van der Waals surface area (Å²) in [6, 6.07) is 17.4. The molecular weight excluding hydrogens is 568 g/mol. The molecule has 238 valence electrons. The quantitative estimate of drug-likeness (QED) is 0.217. The zero-order valence-corrected chi connectivity index (χ0v) is 27.1. The van der Waals surface area contributed by atoms with Crippen LogP contribution in [-0.2, 0) is 16.1 Å². The number of aromatic amines is 1. The number of piperidine rings is 1. The summed E-state index contributed by atoms with van der Waals surface area (Å²) in [5.41, 5.74) is 2.95. The normalized spacial score (nSPS) is 20.5. The van der Waals surface area contributed by atoms with Crippen molar-refractivity contribution in [1.29, 1.82) is 0 Å². The second-order valence-electron chi connectivity index (χ2n) is 13.2. The number of aromatic nitrogens is 1. The molecule has 2 fully saturated rings. The van der Waals surface area contributed by atoms with Gasteiger partial charge in [-0.1, -0.05) is 32.0 Å². The monoisotopic (exact) mass is 612 g/mol. The van der Waals surface area contributed by atoms with Crippen LogP contribution in [0.5, 0.6) is 11.5 Å². The molecule has 9 heteroatoms. The number of methoxy groups -OCH3 is 2. The molecule has 2 N–H and O–H groups in total. The number of ether oxygens (including phenoxy) is 2. The Kier molecular flexibility index (Phi) is 8.16. The van der Waals surface area contributed by atoms with Crippen molar-refractivity contribution in [3.05, 3.63) is 77.9 Å². The topological polar surface area (TPSA) is 100 Å². The Labute approximate surface area is 264 Å². The maximum atomic E-state index is 14.7. The molecule has 0 bridgehead atoms. The Morgan fingerprint density at radius 1 is 1.07 bits per heavy atom. The van der Waals surface area contributed by atoms with E-state index in [0.29, 0.717) is 55.3 Å². The maximum absolute atomic E-state index is 14.7. The largest absolute Gasteiger partial charge is 0.497 e. The molecule has 2 aromatic carbocycles. The number of aryl methyl sites for hydroxylation is 1. The van der Waals surface area contributed by atoms with Crippen LogP contribution in [0.15, 0.2) is 65.3 Å². The molecule has 1 saturated carbocycles. The van der Waals surface area contributed by atoms with Gasteiger partial charge in [-0.25, -0.2) is 0 Å². The molecule has 0 unspecified atom stereocenters. The van der Waals surface area contributed by atoms with Gasteiger partial charge >= 0.3 is 0 Å². The first-order chi connectivity index (χ1) is 21.6. The van der Waals surface area contributed by atoms with Gasteiger partial charge in [0, 0.05) is 42.2 Å². The fraction of sp³-hybridized carbons (Fsp3) is 0.444. The molecule has 1 aliphatic heterocycles. The number of fused-ring (bicyclic) bond motifs is 1. The standard InChI is InChI=1S/C36H44N4O5/c1-23-32(26-11-7-8-12-28(26)37-23)33-27(35(33,2)3)21-31(41)40(22-25-10-9-19-45-25)36(15-17-39(4)18-16-36)34(42)38-29-14-13-24(43-5)20-30(29)44-6/h7-14,19-20,27,33,37H,15-18,21-22H2,1-6H3,(H,38,42)/t27-,33+/m1/s1. The molecule has 2 aliphatic rings. The number of furan rings is 1. The van der Waals surface area contributed by atoms with Crippen molar-refractivity contribution in [2.45, 2.75) is 58.0 Å². The Bertz CT molecular complexity index is 1680. The summed E-state index contributed by atoms with van der Waals surface area (Å²) >= 11 is 0. The van der Waals surface area contributed by atoms with Crippen LogP contribution in [0.25, 0.3) is 10.9 Å². The van der Waals surface area contributed by atoms with E-state index in [0.717, 1.165) is 11.2 Å². The van der Waals surface area contributed by atoms with E-state index in [4.69, 9.17) is 13.9 Å². The lowest BCUT2D eigenvalue weighted by Crippen LogP contribution is -2.62. The van der Waals surface area contributed by atoms with Crippen molar-refractivity contribution < 1.29 is 23.5 Å². The summed E-state index contributed by atoms with van der Waals surface area (Å²) in [6.45, 7) is 8.20. The molecule has 0 spiro atoms. The van der Waals surface area contributed by atoms with Crippen molar-refractivity contribution in [2.24, 2.45) is 11.3 Å².